The molecule has 4 rings (SSSR count). The van der Waals surface area contributed by atoms with E-state index in [4.69, 9.17) is 0 Å². The SMILES string of the molecule is C[C@@H](O)[C@H]1C(=O)N2C(C(=O)[O-])=C(c3cc(I)cc(-n4cc[n+](C)c4)c3)C[C@H]12. The Balaban J connectivity index is 1.80. The molecule has 2 aliphatic rings. The molecule has 0 saturated carbocycles. The Hall–Kier alpha value is -2.20. The number of β-lactam (4-membered cyclic amide) rings is 1. The molecule has 7 nitrogen and oxygen atoms in total. The molecule has 3 heterocycles. The zero-order chi connectivity index (χ0) is 19.5. The van der Waals surface area contributed by atoms with Gasteiger partial charge in [0.2, 0.25) is 12.2 Å². The number of aromatic nitrogens is 2. The maximum Gasteiger partial charge on any atom is 0.248 e. The fraction of sp³-hybridized carbons (Fsp3) is 0.316. The minimum atomic E-state index is -1.36. The van der Waals surface area contributed by atoms with E-state index in [-0.39, 0.29) is 17.6 Å². The number of benzene rings is 1. The number of carboxylic acids is 1. The second-order valence-electron chi connectivity index (χ2n) is 7.05. The van der Waals surface area contributed by atoms with Gasteiger partial charge in [0.05, 0.1) is 36.8 Å². The fourth-order valence-corrected chi connectivity index (χ4v) is 4.67. The molecule has 1 N–H and O–H groups in total. The van der Waals surface area contributed by atoms with E-state index in [0.717, 1.165) is 14.8 Å². The Morgan fingerprint density at radius 3 is 2.74 bits per heavy atom. The van der Waals surface area contributed by atoms with Crippen LogP contribution in [-0.2, 0) is 16.6 Å². The molecular weight excluding hydrogens is 461 g/mol. The van der Waals surface area contributed by atoms with Crippen LogP contribution in [-0.4, -0.2) is 38.6 Å². The number of aliphatic hydroxyl groups is 1. The van der Waals surface area contributed by atoms with Crippen molar-refractivity contribution in [2.45, 2.75) is 25.5 Å². The highest BCUT2D eigenvalue weighted by molar-refractivity contribution is 14.1. The van der Waals surface area contributed by atoms with Gasteiger partial charge in [0.15, 0.2) is 0 Å². The number of aliphatic hydroxyl groups excluding tert-OH is 1. The molecule has 1 saturated heterocycles. The maximum atomic E-state index is 12.4. The van der Waals surface area contributed by atoms with Crippen molar-refractivity contribution in [2.24, 2.45) is 13.0 Å². The van der Waals surface area contributed by atoms with Crippen LogP contribution in [0.25, 0.3) is 11.3 Å². The van der Waals surface area contributed by atoms with Gasteiger partial charge in [-0.05, 0) is 65.3 Å². The lowest BCUT2D eigenvalue weighted by molar-refractivity contribution is -0.670. The van der Waals surface area contributed by atoms with Crippen molar-refractivity contribution in [1.82, 2.24) is 9.47 Å². The molecular formula is C19H18IN3O4. The van der Waals surface area contributed by atoms with Crippen molar-refractivity contribution in [1.29, 1.82) is 0 Å². The first-order valence-electron chi connectivity index (χ1n) is 8.58. The molecule has 3 atom stereocenters. The lowest BCUT2D eigenvalue weighted by atomic mass is 9.82. The summed E-state index contributed by atoms with van der Waals surface area (Å²) in [6.45, 7) is 1.56. The van der Waals surface area contributed by atoms with Crippen LogP contribution in [0.4, 0.5) is 0 Å². The van der Waals surface area contributed by atoms with Crippen molar-refractivity contribution < 1.29 is 24.4 Å². The van der Waals surface area contributed by atoms with Crippen molar-refractivity contribution in [3.05, 3.63) is 51.8 Å². The highest BCUT2D eigenvalue weighted by atomic mass is 127. The average Bonchev–Trinajstić information content (AvgIpc) is 3.15. The molecule has 27 heavy (non-hydrogen) atoms. The third-order valence-electron chi connectivity index (χ3n) is 5.22. The van der Waals surface area contributed by atoms with E-state index in [2.05, 4.69) is 22.6 Å². The van der Waals surface area contributed by atoms with Gasteiger partial charge in [-0.25, -0.2) is 9.13 Å². The Morgan fingerprint density at radius 1 is 1.41 bits per heavy atom. The lowest BCUT2D eigenvalue weighted by Crippen LogP contribution is -2.62. The summed E-state index contributed by atoms with van der Waals surface area (Å²) in [6, 6.07) is 5.48. The quantitative estimate of drug-likeness (QED) is 0.380. The first-order valence-corrected chi connectivity index (χ1v) is 9.66. The predicted octanol–water partition coefficient (Wildman–Crippen LogP) is -0.0211. The highest BCUT2D eigenvalue weighted by Gasteiger charge is 2.55. The third-order valence-corrected chi connectivity index (χ3v) is 5.84. The molecule has 2 aromatic rings. The molecule has 1 fully saturated rings. The largest absolute Gasteiger partial charge is 0.543 e. The Bertz CT molecular complexity index is 995. The molecule has 2 aliphatic heterocycles. The minimum absolute atomic E-state index is 0.0760. The Morgan fingerprint density at radius 2 is 2.15 bits per heavy atom. The fourth-order valence-electron chi connectivity index (χ4n) is 4.02. The van der Waals surface area contributed by atoms with Crippen LogP contribution >= 0.6 is 22.6 Å². The van der Waals surface area contributed by atoms with Crippen LogP contribution in [0.15, 0.2) is 42.6 Å². The number of hydrogen-bond donors (Lipinski definition) is 1. The number of aryl methyl sites for hydroxylation is 1. The molecule has 0 radical (unpaired) electrons. The van der Waals surface area contributed by atoms with E-state index < -0.39 is 18.0 Å². The molecule has 0 spiro atoms. The molecule has 1 amide bonds. The van der Waals surface area contributed by atoms with Gasteiger partial charge in [0.1, 0.15) is 18.1 Å². The van der Waals surface area contributed by atoms with Gasteiger partial charge in [0.25, 0.3) is 0 Å². The van der Waals surface area contributed by atoms with Crippen LogP contribution < -0.4 is 9.67 Å². The van der Waals surface area contributed by atoms with Gasteiger partial charge >= 0.3 is 0 Å². The summed E-state index contributed by atoms with van der Waals surface area (Å²) in [6.07, 6.45) is 5.32. The molecule has 8 heteroatoms. The van der Waals surface area contributed by atoms with E-state index in [9.17, 15) is 19.8 Å². The number of amides is 1. The number of nitrogens with zero attached hydrogens (tertiary/aromatic N) is 3. The van der Waals surface area contributed by atoms with Gasteiger partial charge in [-0.15, -0.1) is 0 Å². The summed E-state index contributed by atoms with van der Waals surface area (Å²) in [4.78, 5) is 25.4. The Kier molecular flexibility index (Phi) is 4.34. The van der Waals surface area contributed by atoms with Crippen LogP contribution in [0.2, 0.25) is 0 Å². The van der Waals surface area contributed by atoms with Gasteiger partial charge in [-0.1, -0.05) is 0 Å². The summed E-state index contributed by atoms with van der Waals surface area (Å²) in [7, 11) is 1.92. The van der Waals surface area contributed by atoms with Crippen molar-refractivity contribution in [2.75, 3.05) is 0 Å². The van der Waals surface area contributed by atoms with Crippen molar-refractivity contribution in [3.63, 3.8) is 0 Å². The van der Waals surface area contributed by atoms with E-state index in [1.807, 2.05) is 53.1 Å². The van der Waals surface area contributed by atoms with Gasteiger partial charge in [0, 0.05) is 3.57 Å². The van der Waals surface area contributed by atoms with Crippen LogP contribution in [0.5, 0.6) is 0 Å². The van der Waals surface area contributed by atoms with E-state index in [1.165, 1.54) is 4.90 Å². The summed E-state index contributed by atoms with van der Waals surface area (Å²) in [5.41, 5.74) is 2.15. The number of halogens is 1. The molecule has 0 bridgehead atoms. The number of imidazole rings is 1. The number of carbonyl (C=O) groups excluding carboxylic acids is 2. The van der Waals surface area contributed by atoms with Gasteiger partial charge < -0.3 is 19.9 Å². The molecule has 140 valence electrons. The third kappa shape index (κ3) is 2.87. The van der Waals surface area contributed by atoms with Gasteiger partial charge in [-0.3, -0.25) is 4.79 Å². The van der Waals surface area contributed by atoms with Crippen LogP contribution in [0.1, 0.15) is 18.9 Å². The minimum Gasteiger partial charge on any atom is -0.543 e. The summed E-state index contributed by atoms with van der Waals surface area (Å²) >= 11 is 2.19. The van der Waals surface area contributed by atoms with E-state index in [1.54, 1.807) is 6.92 Å². The number of aliphatic carboxylic acids is 1. The second-order valence-corrected chi connectivity index (χ2v) is 8.29. The zero-order valence-electron chi connectivity index (χ0n) is 14.8. The standard InChI is InChI=1S/C19H18IN3O4/c1-10(24)16-15-8-14(17(19(26)27)23(15)18(16)25)11-5-12(20)7-13(6-11)22-4-3-21(2)9-22/h3-7,9-10,15-16,24H,8H2,1-2H3/t10-,15-,16-/m1/s1. The van der Waals surface area contributed by atoms with Crippen LogP contribution in [0.3, 0.4) is 0 Å². The van der Waals surface area contributed by atoms with E-state index >= 15 is 0 Å². The second kappa shape index (κ2) is 6.45. The summed E-state index contributed by atoms with van der Waals surface area (Å²) < 4.78 is 4.81. The summed E-state index contributed by atoms with van der Waals surface area (Å²) in [5.74, 6) is -2.28. The number of rotatable bonds is 4. The predicted molar refractivity (Wildman–Crippen MR) is 102 cm³/mol. The Labute approximate surface area is 169 Å². The first kappa shape index (κ1) is 18.2. The first-order chi connectivity index (χ1) is 12.8. The molecule has 0 aliphatic carbocycles. The average molecular weight is 479 g/mol. The van der Waals surface area contributed by atoms with Crippen molar-refractivity contribution >= 4 is 40.0 Å². The smallest absolute Gasteiger partial charge is 0.248 e. The molecule has 1 aromatic carbocycles. The number of carbonyl (C=O) groups is 2. The normalized spacial score (nSPS) is 22.7. The van der Waals surface area contributed by atoms with Gasteiger partial charge in [-0.2, -0.15) is 0 Å². The molecule has 0 unspecified atom stereocenters. The van der Waals surface area contributed by atoms with Crippen molar-refractivity contribution in [3.8, 4) is 5.69 Å². The zero-order valence-corrected chi connectivity index (χ0v) is 17.0. The lowest BCUT2D eigenvalue weighted by Gasteiger charge is -2.45. The summed E-state index contributed by atoms with van der Waals surface area (Å²) in [5, 5.41) is 21.7. The highest BCUT2D eigenvalue weighted by Crippen LogP contribution is 2.47. The maximum absolute atomic E-state index is 12.4. The molecule has 1 aromatic heterocycles. The topological polar surface area (TPSA) is 89.5 Å². The number of carboxylic acid groups (broad SMARTS) is 1. The number of hydrogen-bond acceptors (Lipinski definition) is 4. The number of fused-ring (bicyclic) bond motifs is 1. The monoisotopic (exact) mass is 479 g/mol. The van der Waals surface area contributed by atoms with E-state index in [0.29, 0.717) is 12.0 Å². The van der Waals surface area contributed by atoms with Crippen LogP contribution in [0, 0.1) is 9.49 Å².